The Morgan fingerprint density at radius 3 is 2.77 bits per heavy atom. The first-order valence-electron chi connectivity index (χ1n) is 7.77. The van der Waals surface area contributed by atoms with E-state index in [-0.39, 0.29) is 15.6 Å². The van der Waals surface area contributed by atoms with Crippen molar-refractivity contribution in [1.29, 1.82) is 0 Å². The Morgan fingerprint density at radius 2 is 2.12 bits per heavy atom. The Bertz CT molecular complexity index is 921. The number of halogens is 1. The number of hydrogen-bond donors (Lipinski definition) is 1. The summed E-state index contributed by atoms with van der Waals surface area (Å²) in [5.41, 5.74) is 0.316. The fourth-order valence-corrected chi connectivity index (χ4v) is 3.92. The maximum Gasteiger partial charge on any atom is 0.326 e. The zero-order valence-corrected chi connectivity index (χ0v) is 15.3. The summed E-state index contributed by atoms with van der Waals surface area (Å²) in [4.78, 5) is 25.2. The van der Waals surface area contributed by atoms with Crippen LogP contribution in [0.25, 0.3) is 17.4 Å². The summed E-state index contributed by atoms with van der Waals surface area (Å²) in [6.45, 7) is 1.67. The Kier molecular flexibility index (Phi) is 5.24. The van der Waals surface area contributed by atoms with Crippen LogP contribution in [-0.2, 0) is 9.59 Å². The van der Waals surface area contributed by atoms with Gasteiger partial charge >= 0.3 is 5.97 Å². The van der Waals surface area contributed by atoms with Crippen LogP contribution < -0.4 is 0 Å². The number of carboxylic acids is 1. The van der Waals surface area contributed by atoms with Gasteiger partial charge in [-0.3, -0.25) is 9.69 Å². The molecule has 1 N–H and O–H groups in total. The quantitative estimate of drug-likeness (QED) is 0.610. The fraction of sp³-hybridized carbons (Fsp3) is 0.167. The number of thioether (sulfide) groups is 1. The highest BCUT2D eigenvalue weighted by Gasteiger charge is 2.39. The third-order valence-corrected chi connectivity index (χ3v) is 5.18. The van der Waals surface area contributed by atoms with Gasteiger partial charge in [0.05, 0.1) is 10.5 Å². The molecule has 0 bridgehead atoms. The number of carbonyl (C=O) groups excluding carboxylic acids is 1. The van der Waals surface area contributed by atoms with E-state index in [4.69, 9.17) is 16.6 Å². The maximum absolute atomic E-state index is 13.8. The number of amides is 1. The van der Waals surface area contributed by atoms with Gasteiger partial charge in [0.2, 0.25) is 0 Å². The van der Waals surface area contributed by atoms with Crippen LogP contribution in [0.5, 0.6) is 0 Å². The Morgan fingerprint density at radius 1 is 1.38 bits per heavy atom. The van der Waals surface area contributed by atoms with Crippen LogP contribution in [0.2, 0.25) is 0 Å². The molecule has 3 rings (SSSR count). The number of nitrogens with zero attached hydrogens (tertiary/aromatic N) is 1. The van der Waals surface area contributed by atoms with Crippen molar-refractivity contribution in [2.45, 2.75) is 19.4 Å². The van der Waals surface area contributed by atoms with Crippen LogP contribution >= 0.6 is 24.0 Å². The topological polar surface area (TPSA) is 70.8 Å². The molecule has 1 aromatic carbocycles. The number of furan rings is 1. The summed E-state index contributed by atoms with van der Waals surface area (Å²) in [6.07, 6.45) is 1.73. The van der Waals surface area contributed by atoms with Crippen molar-refractivity contribution in [3.8, 4) is 11.3 Å². The molecule has 1 atom stereocenters. The van der Waals surface area contributed by atoms with Crippen molar-refractivity contribution < 1.29 is 23.5 Å². The van der Waals surface area contributed by atoms with Crippen LogP contribution in [-0.4, -0.2) is 32.2 Å². The molecular weight excluding hydrogens is 377 g/mol. The monoisotopic (exact) mass is 391 g/mol. The Balaban J connectivity index is 1.88. The lowest BCUT2D eigenvalue weighted by molar-refractivity contribution is -0.145. The number of benzene rings is 1. The zero-order chi connectivity index (χ0) is 18.8. The summed E-state index contributed by atoms with van der Waals surface area (Å²) < 4.78 is 19.6. The van der Waals surface area contributed by atoms with Crippen molar-refractivity contribution in [2.75, 3.05) is 0 Å². The third-order valence-electron chi connectivity index (χ3n) is 3.85. The van der Waals surface area contributed by atoms with Crippen LogP contribution in [0.15, 0.2) is 45.7 Å². The first-order chi connectivity index (χ1) is 12.4. The van der Waals surface area contributed by atoms with Gasteiger partial charge in [0.25, 0.3) is 5.91 Å². The van der Waals surface area contributed by atoms with E-state index in [9.17, 15) is 19.1 Å². The highest BCUT2D eigenvalue weighted by Crippen LogP contribution is 2.35. The number of aliphatic carboxylic acids is 1. The van der Waals surface area contributed by atoms with Gasteiger partial charge in [0.15, 0.2) is 0 Å². The van der Waals surface area contributed by atoms with Gasteiger partial charge in [0, 0.05) is 6.08 Å². The molecule has 0 saturated carbocycles. The van der Waals surface area contributed by atoms with E-state index in [1.807, 2.05) is 0 Å². The minimum atomic E-state index is -1.11. The molecule has 2 heterocycles. The van der Waals surface area contributed by atoms with Crippen LogP contribution in [0.1, 0.15) is 19.1 Å². The number of carbonyl (C=O) groups is 2. The van der Waals surface area contributed by atoms with E-state index >= 15 is 0 Å². The predicted octanol–water partition coefficient (Wildman–Crippen LogP) is 4.15. The second kappa shape index (κ2) is 7.43. The lowest BCUT2D eigenvalue weighted by atomic mass is 10.1. The molecule has 26 heavy (non-hydrogen) atoms. The largest absolute Gasteiger partial charge is 0.480 e. The van der Waals surface area contributed by atoms with Gasteiger partial charge < -0.3 is 9.52 Å². The number of carboxylic acid groups (broad SMARTS) is 1. The molecule has 1 fully saturated rings. The Hall–Kier alpha value is -2.45. The zero-order valence-electron chi connectivity index (χ0n) is 13.6. The minimum Gasteiger partial charge on any atom is -0.480 e. The van der Waals surface area contributed by atoms with Crippen LogP contribution in [0.4, 0.5) is 4.39 Å². The molecule has 1 amide bonds. The second-order valence-corrected chi connectivity index (χ2v) is 7.17. The highest BCUT2D eigenvalue weighted by atomic mass is 32.2. The van der Waals surface area contributed by atoms with Gasteiger partial charge in [0.1, 0.15) is 27.7 Å². The highest BCUT2D eigenvalue weighted by molar-refractivity contribution is 8.26. The van der Waals surface area contributed by atoms with Gasteiger partial charge in [-0.2, -0.15) is 0 Å². The molecule has 2 aromatic rings. The standard InChI is InChI=1S/C18H14FNO4S2/c1-2-13(17(22)23)20-16(21)15(26-18(20)25)9-10-7-8-14(24-10)11-5-3-4-6-12(11)19/h3-9,13H,2H2,1H3,(H,22,23)/b15-9+/t13-/m1/s1. The van der Waals surface area contributed by atoms with Gasteiger partial charge in [-0.25, -0.2) is 9.18 Å². The Labute approximate surface area is 158 Å². The fourth-order valence-electron chi connectivity index (χ4n) is 2.58. The molecule has 1 aliphatic rings. The number of hydrogen-bond acceptors (Lipinski definition) is 5. The van der Waals surface area contributed by atoms with Gasteiger partial charge in [-0.1, -0.05) is 43.0 Å². The first-order valence-corrected chi connectivity index (χ1v) is 8.99. The van der Waals surface area contributed by atoms with Crippen molar-refractivity contribution >= 4 is 46.3 Å². The SMILES string of the molecule is CC[C@H](C(=O)O)N1C(=O)/C(=C\c2ccc(-c3ccccc3F)o2)SC1=S. The summed E-state index contributed by atoms with van der Waals surface area (Å²) in [7, 11) is 0. The van der Waals surface area contributed by atoms with Crippen molar-refractivity contribution in [3.63, 3.8) is 0 Å². The van der Waals surface area contributed by atoms with Crippen molar-refractivity contribution in [3.05, 3.63) is 52.9 Å². The molecule has 0 radical (unpaired) electrons. The lowest BCUT2D eigenvalue weighted by Gasteiger charge is -2.21. The second-order valence-electron chi connectivity index (χ2n) is 5.50. The predicted molar refractivity (Wildman–Crippen MR) is 101 cm³/mol. The van der Waals surface area contributed by atoms with Gasteiger partial charge in [-0.15, -0.1) is 0 Å². The van der Waals surface area contributed by atoms with E-state index in [2.05, 4.69) is 0 Å². The third kappa shape index (κ3) is 3.42. The lowest BCUT2D eigenvalue weighted by Crippen LogP contribution is -2.43. The van der Waals surface area contributed by atoms with E-state index in [0.717, 1.165) is 16.7 Å². The minimum absolute atomic E-state index is 0.191. The summed E-state index contributed by atoms with van der Waals surface area (Å²) in [5.74, 6) is -1.30. The molecule has 0 unspecified atom stereocenters. The number of thiocarbonyl (C=S) groups is 1. The number of rotatable bonds is 5. The first kappa shape index (κ1) is 18.3. The van der Waals surface area contributed by atoms with Crippen LogP contribution in [0.3, 0.4) is 0 Å². The van der Waals surface area contributed by atoms with Gasteiger partial charge in [-0.05, 0) is 30.7 Å². The van der Waals surface area contributed by atoms with Crippen LogP contribution in [0, 0.1) is 5.82 Å². The molecule has 1 aliphatic heterocycles. The average molecular weight is 391 g/mol. The molecule has 1 saturated heterocycles. The van der Waals surface area contributed by atoms with E-state index in [0.29, 0.717) is 17.1 Å². The van der Waals surface area contributed by atoms with E-state index in [1.54, 1.807) is 37.3 Å². The average Bonchev–Trinajstić information content (AvgIpc) is 3.16. The van der Waals surface area contributed by atoms with E-state index < -0.39 is 23.7 Å². The molecule has 0 spiro atoms. The van der Waals surface area contributed by atoms with Crippen molar-refractivity contribution in [1.82, 2.24) is 4.90 Å². The smallest absolute Gasteiger partial charge is 0.326 e. The maximum atomic E-state index is 13.8. The molecule has 0 aliphatic carbocycles. The normalized spacial score (nSPS) is 17.2. The molecule has 8 heteroatoms. The summed E-state index contributed by atoms with van der Waals surface area (Å²) in [5, 5.41) is 9.26. The summed E-state index contributed by atoms with van der Waals surface area (Å²) in [6, 6.07) is 8.43. The molecular formula is C18H14FNO4S2. The molecule has 5 nitrogen and oxygen atoms in total. The molecule has 1 aromatic heterocycles. The van der Waals surface area contributed by atoms with E-state index in [1.165, 1.54) is 12.1 Å². The molecule has 134 valence electrons. The summed E-state index contributed by atoms with van der Waals surface area (Å²) >= 11 is 6.17. The van der Waals surface area contributed by atoms with Crippen molar-refractivity contribution in [2.24, 2.45) is 0 Å².